The summed E-state index contributed by atoms with van der Waals surface area (Å²) in [6.45, 7) is 5.31. The Bertz CT molecular complexity index is 381. The van der Waals surface area contributed by atoms with Gasteiger partial charge in [-0.3, -0.25) is 0 Å². The van der Waals surface area contributed by atoms with Gasteiger partial charge in [0.15, 0.2) is 5.82 Å². The first kappa shape index (κ1) is 13.0. The fourth-order valence-corrected chi connectivity index (χ4v) is 1.96. The minimum atomic E-state index is -4.69. The third-order valence-corrected chi connectivity index (χ3v) is 2.52. The summed E-state index contributed by atoms with van der Waals surface area (Å²) < 4.78 is 55.8. The Labute approximate surface area is 92.2 Å². The van der Waals surface area contributed by atoms with Crippen LogP contribution in [0.3, 0.4) is 0 Å². The fourth-order valence-electron chi connectivity index (χ4n) is 1.14. The number of hydrogen-bond donors (Lipinski definition) is 0. The molecule has 1 aromatic carbocycles. The summed E-state index contributed by atoms with van der Waals surface area (Å²) in [6, 6.07) is 3.05. The van der Waals surface area contributed by atoms with E-state index >= 15 is 0 Å². The molecule has 0 spiro atoms. The number of alkyl halides is 3. The standard InChI is InChI=1S/C10H12F4OSi/c1-16(2,3)15-8-6-4-5-7(9(8)11)10(12,13)14/h4-6H,1-3H3. The van der Waals surface area contributed by atoms with Gasteiger partial charge in [-0.05, 0) is 31.8 Å². The third-order valence-electron chi connectivity index (χ3n) is 1.68. The summed E-state index contributed by atoms with van der Waals surface area (Å²) in [5.74, 6) is -1.66. The molecule has 0 aliphatic heterocycles. The van der Waals surface area contributed by atoms with Gasteiger partial charge in [0.1, 0.15) is 5.75 Å². The summed E-state index contributed by atoms with van der Waals surface area (Å²) in [7, 11) is -2.12. The molecule has 0 amide bonds. The van der Waals surface area contributed by atoms with Crippen molar-refractivity contribution in [2.24, 2.45) is 0 Å². The van der Waals surface area contributed by atoms with Crippen molar-refractivity contribution in [1.82, 2.24) is 0 Å². The first-order valence-corrected chi connectivity index (χ1v) is 8.07. The van der Waals surface area contributed by atoms with Crippen LogP contribution in [0, 0.1) is 5.82 Å². The smallest absolute Gasteiger partial charge is 0.419 e. The van der Waals surface area contributed by atoms with Gasteiger partial charge in [0, 0.05) is 0 Å². The van der Waals surface area contributed by atoms with Crippen molar-refractivity contribution in [2.45, 2.75) is 25.8 Å². The van der Waals surface area contributed by atoms with Crippen LogP contribution in [0.2, 0.25) is 19.6 Å². The van der Waals surface area contributed by atoms with Crippen LogP contribution in [0.25, 0.3) is 0 Å². The number of benzene rings is 1. The van der Waals surface area contributed by atoms with E-state index in [9.17, 15) is 17.6 Å². The highest BCUT2D eigenvalue weighted by Gasteiger charge is 2.35. The van der Waals surface area contributed by atoms with Crippen molar-refractivity contribution in [2.75, 3.05) is 0 Å². The van der Waals surface area contributed by atoms with Crippen LogP contribution in [-0.2, 0) is 6.18 Å². The summed E-state index contributed by atoms with van der Waals surface area (Å²) >= 11 is 0. The Morgan fingerprint density at radius 1 is 1.12 bits per heavy atom. The van der Waals surface area contributed by atoms with Crippen molar-refractivity contribution >= 4 is 8.32 Å². The lowest BCUT2D eigenvalue weighted by molar-refractivity contribution is -0.140. The predicted octanol–water partition coefficient (Wildman–Crippen LogP) is 4.06. The first-order valence-electron chi connectivity index (χ1n) is 4.66. The van der Waals surface area contributed by atoms with Gasteiger partial charge < -0.3 is 4.43 Å². The Morgan fingerprint density at radius 3 is 2.12 bits per heavy atom. The monoisotopic (exact) mass is 252 g/mol. The van der Waals surface area contributed by atoms with Gasteiger partial charge in [0.05, 0.1) is 5.56 Å². The van der Waals surface area contributed by atoms with Crippen LogP contribution >= 0.6 is 0 Å². The van der Waals surface area contributed by atoms with E-state index in [1.54, 1.807) is 19.6 Å². The van der Waals surface area contributed by atoms with Gasteiger partial charge in [0.25, 0.3) is 0 Å². The van der Waals surface area contributed by atoms with E-state index in [2.05, 4.69) is 0 Å². The van der Waals surface area contributed by atoms with Gasteiger partial charge in [0.2, 0.25) is 8.32 Å². The molecule has 0 N–H and O–H groups in total. The van der Waals surface area contributed by atoms with E-state index in [0.717, 1.165) is 6.07 Å². The highest BCUT2D eigenvalue weighted by Crippen LogP contribution is 2.35. The topological polar surface area (TPSA) is 9.23 Å². The number of hydrogen-bond acceptors (Lipinski definition) is 1. The molecule has 1 aromatic rings. The molecular weight excluding hydrogens is 240 g/mol. The maximum Gasteiger partial charge on any atom is 0.419 e. The molecule has 0 saturated carbocycles. The van der Waals surface area contributed by atoms with Gasteiger partial charge >= 0.3 is 6.18 Å². The second-order valence-electron chi connectivity index (χ2n) is 4.33. The predicted molar refractivity (Wildman–Crippen MR) is 55.4 cm³/mol. The van der Waals surface area contributed by atoms with E-state index in [-0.39, 0.29) is 5.75 Å². The Balaban J connectivity index is 3.15. The molecule has 0 aliphatic carbocycles. The molecule has 0 aromatic heterocycles. The zero-order valence-electron chi connectivity index (χ0n) is 9.15. The normalized spacial score (nSPS) is 12.7. The number of halogens is 4. The zero-order valence-corrected chi connectivity index (χ0v) is 10.2. The second-order valence-corrected chi connectivity index (χ2v) is 8.76. The van der Waals surface area contributed by atoms with Crippen LogP contribution in [0.15, 0.2) is 18.2 Å². The van der Waals surface area contributed by atoms with E-state index in [0.29, 0.717) is 6.07 Å². The molecule has 0 fully saturated rings. The summed E-state index contributed by atoms with van der Waals surface area (Å²) in [5.41, 5.74) is -1.29. The lowest BCUT2D eigenvalue weighted by atomic mass is 10.2. The summed E-state index contributed by atoms with van der Waals surface area (Å²) in [5, 5.41) is 0. The van der Waals surface area contributed by atoms with Crippen molar-refractivity contribution in [3.63, 3.8) is 0 Å². The minimum absolute atomic E-state index is 0.325. The Kier molecular flexibility index (Phi) is 3.32. The maximum atomic E-state index is 13.5. The average Bonchev–Trinajstić information content (AvgIpc) is 2.04. The first-order chi connectivity index (χ1) is 7.11. The SMILES string of the molecule is C[Si](C)(C)Oc1cccc(C(F)(F)F)c1F. The van der Waals surface area contributed by atoms with E-state index in [1.165, 1.54) is 6.07 Å². The molecule has 0 saturated heterocycles. The molecule has 0 unspecified atom stereocenters. The molecule has 0 aliphatic rings. The van der Waals surface area contributed by atoms with Crippen LogP contribution in [-0.4, -0.2) is 8.32 Å². The summed E-state index contributed by atoms with van der Waals surface area (Å²) in [4.78, 5) is 0. The molecule has 0 radical (unpaired) electrons. The van der Waals surface area contributed by atoms with Crippen molar-refractivity contribution in [3.8, 4) is 5.75 Å². The average molecular weight is 252 g/mol. The lowest BCUT2D eigenvalue weighted by Gasteiger charge is -2.20. The molecule has 16 heavy (non-hydrogen) atoms. The Hall–Kier alpha value is -1.04. The van der Waals surface area contributed by atoms with Crippen LogP contribution in [0.5, 0.6) is 5.75 Å². The van der Waals surface area contributed by atoms with Gasteiger partial charge in [-0.1, -0.05) is 6.07 Å². The quantitative estimate of drug-likeness (QED) is 0.569. The molecule has 1 nitrogen and oxygen atoms in total. The summed E-state index contributed by atoms with van der Waals surface area (Å²) in [6.07, 6.45) is -4.69. The van der Waals surface area contributed by atoms with Crippen LogP contribution in [0.1, 0.15) is 5.56 Å². The van der Waals surface area contributed by atoms with Crippen molar-refractivity contribution < 1.29 is 22.0 Å². The highest BCUT2D eigenvalue weighted by molar-refractivity contribution is 6.70. The van der Waals surface area contributed by atoms with Crippen LogP contribution < -0.4 is 4.43 Å². The van der Waals surface area contributed by atoms with Gasteiger partial charge in [-0.15, -0.1) is 0 Å². The van der Waals surface area contributed by atoms with Crippen LogP contribution in [0.4, 0.5) is 17.6 Å². The van der Waals surface area contributed by atoms with Crippen molar-refractivity contribution in [1.29, 1.82) is 0 Å². The third kappa shape index (κ3) is 3.23. The minimum Gasteiger partial charge on any atom is -0.542 e. The maximum absolute atomic E-state index is 13.5. The van der Waals surface area contributed by atoms with Gasteiger partial charge in [-0.2, -0.15) is 13.2 Å². The second kappa shape index (κ2) is 4.08. The van der Waals surface area contributed by atoms with E-state index in [4.69, 9.17) is 4.43 Å². The number of rotatable bonds is 2. The van der Waals surface area contributed by atoms with Gasteiger partial charge in [-0.25, -0.2) is 4.39 Å². The fraction of sp³-hybridized carbons (Fsp3) is 0.400. The van der Waals surface area contributed by atoms with E-state index < -0.39 is 25.9 Å². The lowest BCUT2D eigenvalue weighted by Crippen LogP contribution is -2.30. The highest BCUT2D eigenvalue weighted by atomic mass is 28.4. The molecule has 0 bridgehead atoms. The molecule has 90 valence electrons. The molecule has 0 atom stereocenters. The molecule has 6 heteroatoms. The Morgan fingerprint density at radius 2 is 1.69 bits per heavy atom. The van der Waals surface area contributed by atoms with E-state index in [1.807, 2.05) is 0 Å². The largest absolute Gasteiger partial charge is 0.542 e. The molecule has 0 heterocycles. The zero-order chi connectivity index (χ0) is 12.6. The molecular formula is C10H12F4OSi. The molecule has 1 rings (SSSR count). The van der Waals surface area contributed by atoms with Crippen molar-refractivity contribution in [3.05, 3.63) is 29.6 Å².